The topological polar surface area (TPSA) is 53.9 Å². The van der Waals surface area contributed by atoms with Crippen LogP contribution in [0.3, 0.4) is 0 Å². The van der Waals surface area contributed by atoms with E-state index < -0.39 is 0 Å². The average Bonchev–Trinajstić information content (AvgIpc) is 2.85. The van der Waals surface area contributed by atoms with E-state index in [0.717, 1.165) is 17.3 Å². The summed E-state index contributed by atoms with van der Waals surface area (Å²) in [7, 11) is 0. The molecule has 2 heterocycles. The van der Waals surface area contributed by atoms with E-state index in [9.17, 15) is 4.79 Å². The molecule has 0 saturated carbocycles. The summed E-state index contributed by atoms with van der Waals surface area (Å²) < 4.78 is 5.27. The zero-order valence-electron chi connectivity index (χ0n) is 12.6. The molecule has 0 aromatic carbocycles. The van der Waals surface area contributed by atoms with Gasteiger partial charge in [0.1, 0.15) is 6.04 Å². The molecule has 0 bridgehead atoms. The summed E-state index contributed by atoms with van der Waals surface area (Å²) in [5.41, 5.74) is 0. The zero-order chi connectivity index (χ0) is 14.5. The molecule has 2 atom stereocenters. The molecular formula is C14H25N3O2S. The van der Waals surface area contributed by atoms with Crippen LogP contribution < -0.4 is 5.32 Å². The van der Waals surface area contributed by atoms with Gasteiger partial charge in [-0.05, 0) is 19.3 Å². The van der Waals surface area contributed by atoms with Crippen LogP contribution in [-0.2, 0) is 9.53 Å². The fourth-order valence-electron chi connectivity index (χ4n) is 2.46. The highest BCUT2D eigenvalue weighted by atomic mass is 32.2. The van der Waals surface area contributed by atoms with E-state index in [4.69, 9.17) is 4.74 Å². The van der Waals surface area contributed by atoms with Crippen LogP contribution >= 0.6 is 11.8 Å². The highest BCUT2D eigenvalue weighted by Gasteiger charge is 2.25. The molecular weight excluding hydrogens is 274 g/mol. The van der Waals surface area contributed by atoms with Crippen LogP contribution in [0.1, 0.15) is 27.2 Å². The van der Waals surface area contributed by atoms with E-state index in [-0.39, 0.29) is 11.9 Å². The van der Waals surface area contributed by atoms with Crippen molar-refractivity contribution in [2.24, 2.45) is 10.9 Å². The number of carbonyl (C=O) groups excluding carboxylic acids is 1. The van der Waals surface area contributed by atoms with E-state index in [1.54, 1.807) is 11.8 Å². The molecule has 114 valence electrons. The van der Waals surface area contributed by atoms with Gasteiger partial charge in [0.05, 0.1) is 19.3 Å². The van der Waals surface area contributed by atoms with Crippen LogP contribution in [0.2, 0.25) is 0 Å². The molecule has 2 unspecified atom stereocenters. The molecule has 2 aliphatic heterocycles. The lowest BCUT2D eigenvalue weighted by Crippen LogP contribution is -2.50. The molecule has 5 nitrogen and oxygen atoms in total. The summed E-state index contributed by atoms with van der Waals surface area (Å²) in [6.45, 7) is 9.03. The Morgan fingerprint density at radius 3 is 2.80 bits per heavy atom. The minimum atomic E-state index is -0.211. The van der Waals surface area contributed by atoms with Gasteiger partial charge in [0, 0.05) is 18.8 Å². The molecule has 2 rings (SSSR count). The largest absolute Gasteiger partial charge is 0.378 e. The second-order valence-electron chi connectivity index (χ2n) is 5.83. The van der Waals surface area contributed by atoms with Crippen LogP contribution in [0, 0.1) is 5.92 Å². The number of rotatable bonds is 4. The molecule has 0 spiro atoms. The number of amidine groups is 1. The number of morpholine rings is 1. The van der Waals surface area contributed by atoms with Crippen LogP contribution in [0.4, 0.5) is 0 Å². The van der Waals surface area contributed by atoms with Gasteiger partial charge in [-0.15, -0.1) is 0 Å². The number of aliphatic imine (C=N–C) groups is 1. The van der Waals surface area contributed by atoms with Gasteiger partial charge in [0.2, 0.25) is 5.91 Å². The maximum Gasteiger partial charge on any atom is 0.244 e. The van der Waals surface area contributed by atoms with Gasteiger partial charge in [-0.2, -0.15) is 0 Å². The molecule has 0 aliphatic carbocycles. The van der Waals surface area contributed by atoms with Gasteiger partial charge in [-0.25, -0.2) is 0 Å². The van der Waals surface area contributed by atoms with Gasteiger partial charge in [-0.3, -0.25) is 9.79 Å². The third-order valence-electron chi connectivity index (χ3n) is 3.49. The lowest BCUT2D eigenvalue weighted by Gasteiger charge is -2.29. The van der Waals surface area contributed by atoms with Crippen LogP contribution in [0.15, 0.2) is 4.99 Å². The summed E-state index contributed by atoms with van der Waals surface area (Å²) >= 11 is 1.73. The van der Waals surface area contributed by atoms with E-state index in [2.05, 4.69) is 24.2 Å². The quantitative estimate of drug-likeness (QED) is 0.851. The Morgan fingerprint density at radius 1 is 1.45 bits per heavy atom. The van der Waals surface area contributed by atoms with Crippen molar-refractivity contribution in [3.63, 3.8) is 0 Å². The number of nitrogens with zero attached hydrogens (tertiary/aromatic N) is 2. The fourth-order valence-corrected chi connectivity index (χ4v) is 3.51. The van der Waals surface area contributed by atoms with Gasteiger partial charge in [-0.1, -0.05) is 25.6 Å². The highest BCUT2D eigenvalue weighted by Crippen LogP contribution is 2.22. The highest BCUT2D eigenvalue weighted by molar-refractivity contribution is 8.14. The molecule has 1 N–H and O–H groups in total. The zero-order valence-corrected chi connectivity index (χ0v) is 13.4. The Hall–Kier alpha value is -0.750. The predicted molar refractivity (Wildman–Crippen MR) is 83.1 cm³/mol. The van der Waals surface area contributed by atoms with Crippen LogP contribution in [0.25, 0.3) is 0 Å². The molecule has 0 radical (unpaired) electrons. The summed E-state index contributed by atoms with van der Waals surface area (Å²) in [5.74, 6) is 1.83. The summed E-state index contributed by atoms with van der Waals surface area (Å²) in [6, 6.07) is 0.185. The Balaban J connectivity index is 1.81. The molecule has 0 aromatic heterocycles. The first-order valence-electron chi connectivity index (χ1n) is 7.40. The molecule has 20 heavy (non-hydrogen) atoms. The van der Waals surface area contributed by atoms with Gasteiger partial charge >= 0.3 is 0 Å². The van der Waals surface area contributed by atoms with Crippen molar-refractivity contribution in [2.45, 2.75) is 39.3 Å². The molecule has 0 aromatic rings. The maximum atomic E-state index is 12.3. The van der Waals surface area contributed by atoms with Crippen molar-refractivity contribution < 1.29 is 9.53 Å². The normalized spacial score (nSPS) is 24.7. The standard InChI is InChI=1S/C14H25N3O2S/c1-10(2)8-12-9-20-14(16-12)15-11(3)13(18)17-4-6-19-7-5-17/h10-12H,4-9H2,1-3H3,(H,15,16). The maximum absolute atomic E-state index is 12.3. The van der Waals surface area contributed by atoms with E-state index in [1.807, 2.05) is 11.8 Å². The van der Waals surface area contributed by atoms with E-state index in [1.165, 1.54) is 0 Å². The first kappa shape index (κ1) is 15.6. The van der Waals surface area contributed by atoms with E-state index >= 15 is 0 Å². The van der Waals surface area contributed by atoms with Crippen molar-refractivity contribution in [3.8, 4) is 0 Å². The van der Waals surface area contributed by atoms with Crippen molar-refractivity contribution in [2.75, 3.05) is 32.1 Å². The Morgan fingerprint density at radius 2 is 2.15 bits per heavy atom. The molecule has 2 aliphatic rings. The fraction of sp³-hybridized carbons (Fsp3) is 0.857. The van der Waals surface area contributed by atoms with Gasteiger partial charge in [0.15, 0.2) is 5.17 Å². The Labute approximate surface area is 125 Å². The van der Waals surface area contributed by atoms with Crippen molar-refractivity contribution in [1.82, 2.24) is 10.2 Å². The monoisotopic (exact) mass is 299 g/mol. The van der Waals surface area contributed by atoms with Crippen LogP contribution in [0.5, 0.6) is 0 Å². The average molecular weight is 299 g/mol. The number of hydrogen-bond donors (Lipinski definition) is 1. The smallest absolute Gasteiger partial charge is 0.244 e. The first-order chi connectivity index (χ1) is 9.56. The molecule has 1 fully saturated rings. The van der Waals surface area contributed by atoms with Crippen molar-refractivity contribution in [3.05, 3.63) is 0 Å². The molecule has 1 amide bonds. The Bertz CT molecular complexity index is 367. The SMILES string of the molecule is CC(C)CC1CSC(NC(C)C(=O)N2CCOCC2)=N1. The van der Waals surface area contributed by atoms with Crippen molar-refractivity contribution >= 4 is 22.8 Å². The second-order valence-corrected chi connectivity index (χ2v) is 6.84. The van der Waals surface area contributed by atoms with E-state index in [0.29, 0.717) is 38.3 Å². The first-order valence-corrected chi connectivity index (χ1v) is 8.38. The Kier molecular flexibility index (Phi) is 5.72. The predicted octanol–water partition coefficient (Wildman–Crippen LogP) is 1.34. The van der Waals surface area contributed by atoms with Gasteiger partial charge in [0.25, 0.3) is 0 Å². The van der Waals surface area contributed by atoms with Crippen LogP contribution in [-0.4, -0.2) is 60.1 Å². The third kappa shape index (κ3) is 4.38. The lowest BCUT2D eigenvalue weighted by molar-refractivity contribution is -0.136. The second kappa shape index (κ2) is 7.31. The summed E-state index contributed by atoms with van der Waals surface area (Å²) in [4.78, 5) is 18.8. The van der Waals surface area contributed by atoms with Crippen molar-refractivity contribution in [1.29, 1.82) is 0 Å². The lowest BCUT2D eigenvalue weighted by atomic mass is 10.1. The number of ether oxygens (including phenoxy) is 1. The summed E-state index contributed by atoms with van der Waals surface area (Å²) in [5, 5.41) is 4.18. The number of hydrogen-bond acceptors (Lipinski definition) is 5. The van der Waals surface area contributed by atoms with Gasteiger partial charge < -0.3 is 15.0 Å². The number of carbonyl (C=O) groups is 1. The molecule has 1 saturated heterocycles. The number of thioether (sulfide) groups is 1. The molecule has 6 heteroatoms. The minimum absolute atomic E-state index is 0.143. The number of nitrogens with one attached hydrogen (secondary N) is 1. The minimum Gasteiger partial charge on any atom is -0.378 e. The third-order valence-corrected chi connectivity index (χ3v) is 4.54. The summed E-state index contributed by atoms with van der Waals surface area (Å²) in [6.07, 6.45) is 1.12. The number of amides is 1.